The Balaban J connectivity index is 0.00000341. The second-order valence-electron chi connectivity index (χ2n) is 7.06. The predicted molar refractivity (Wildman–Crippen MR) is 120 cm³/mol. The lowest BCUT2D eigenvalue weighted by Gasteiger charge is -2.30. The maximum atomic E-state index is 12.9. The molecule has 0 aliphatic carbocycles. The number of amides is 2. The van der Waals surface area contributed by atoms with Gasteiger partial charge < -0.3 is 14.6 Å². The van der Waals surface area contributed by atoms with Gasteiger partial charge in [0.15, 0.2) is 11.5 Å². The maximum absolute atomic E-state index is 12.9. The van der Waals surface area contributed by atoms with Crippen molar-refractivity contribution in [3.63, 3.8) is 0 Å². The summed E-state index contributed by atoms with van der Waals surface area (Å²) in [5.74, 6) is 1.06. The van der Waals surface area contributed by atoms with E-state index in [-0.39, 0.29) is 30.5 Å². The summed E-state index contributed by atoms with van der Waals surface area (Å²) in [5, 5.41) is 12.4. The Morgan fingerprint density at radius 2 is 1.87 bits per heavy atom. The van der Waals surface area contributed by atoms with E-state index in [1.54, 1.807) is 37.6 Å². The van der Waals surface area contributed by atoms with Gasteiger partial charge in [0.2, 0.25) is 0 Å². The topological polar surface area (TPSA) is 100 Å². The van der Waals surface area contributed by atoms with Crippen molar-refractivity contribution in [1.29, 1.82) is 0 Å². The Bertz CT molecular complexity index is 947. The first-order chi connectivity index (χ1) is 14.4. The zero-order chi connectivity index (χ0) is 21.7. The Labute approximate surface area is 187 Å². The second-order valence-corrected chi connectivity index (χ2v) is 7.06. The molecular weight excluding hydrogens is 422 g/mol. The number of carboxylic acid groups (broad SMARTS) is 1. The molecule has 1 heterocycles. The Morgan fingerprint density at radius 3 is 2.48 bits per heavy atom. The van der Waals surface area contributed by atoms with Crippen molar-refractivity contribution in [2.24, 2.45) is 0 Å². The highest BCUT2D eigenvalue weighted by Gasteiger charge is 2.23. The van der Waals surface area contributed by atoms with E-state index in [0.717, 1.165) is 5.56 Å². The minimum absolute atomic E-state index is 0. The zero-order valence-corrected chi connectivity index (χ0v) is 18.3. The minimum Gasteiger partial charge on any atom is -0.493 e. The molecule has 0 radical (unpaired) electrons. The molecule has 1 aliphatic heterocycles. The smallest absolute Gasteiger partial charge is 0.409 e. The van der Waals surface area contributed by atoms with Crippen LogP contribution in [-0.2, 0) is 0 Å². The van der Waals surface area contributed by atoms with Crippen LogP contribution < -0.4 is 20.2 Å². The van der Waals surface area contributed by atoms with Crippen molar-refractivity contribution in [1.82, 2.24) is 10.4 Å². The number of hydrogen-bond donors (Lipinski definition) is 3. The molecule has 8 nitrogen and oxygen atoms in total. The van der Waals surface area contributed by atoms with Gasteiger partial charge in [0, 0.05) is 17.5 Å². The number of benzene rings is 2. The standard InChI is InChI=1S/C22H25N3O5.ClH/c1-14(2)30-20-13-16(8-11-19(20)29-3)18-5-4-12-25(24-18)21(26)15-6-9-17(10-7-15)23-22(27)28;/h4,6-14,18,23-24H,5H2,1-3H3,(H,27,28);1H. The molecule has 3 rings (SSSR count). The lowest BCUT2D eigenvalue weighted by Crippen LogP contribution is -2.43. The van der Waals surface area contributed by atoms with Gasteiger partial charge in [0.25, 0.3) is 5.91 Å². The molecule has 0 saturated carbocycles. The molecule has 31 heavy (non-hydrogen) atoms. The van der Waals surface area contributed by atoms with E-state index in [4.69, 9.17) is 14.6 Å². The van der Waals surface area contributed by atoms with Gasteiger partial charge in [-0.25, -0.2) is 15.2 Å². The summed E-state index contributed by atoms with van der Waals surface area (Å²) >= 11 is 0. The first-order valence-electron chi connectivity index (χ1n) is 9.58. The number of carbonyl (C=O) groups is 2. The molecule has 0 spiro atoms. The van der Waals surface area contributed by atoms with E-state index in [0.29, 0.717) is 29.2 Å². The Hall–Kier alpha value is -3.23. The summed E-state index contributed by atoms with van der Waals surface area (Å²) in [5.41, 5.74) is 5.02. The van der Waals surface area contributed by atoms with Crippen molar-refractivity contribution in [3.05, 3.63) is 65.9 Å². The highest BCUT2D eigenvalue weighted by atomic mass is 35.5. The number of nitrogens with zero attached hydrogens (tertiary/aromatic N) is 1. The molecule has 2 amide bonds. The lowest BCUT2D eigenvalue weighted by atomic mass is 10.0. The molecule has 1 unspecified atom stereocenters. The number of carbonyl (C=O) groups excluding carboxylic acids is 1. The van der Waals surface area contributed by atoms with Gasteiger partial charge in [-0.2, -0.15) is 0 Å². The molecule has 0 aromatic heterocycles. The summed E-state index contributed by atoms with van der Waals surface area (Å²) in [7, 11) is 1.60. The van der Waals surface area contributed by atoms with Crippen LogP contribution in [0, 0.1) is 0 Å². The van der Waals surface area contributed by atoms with Gasteiger partial charge in [-0.3, -0.25) is 10.1 Å². The van der Waals surface area contributed by atoms with Crippen molar-refractivity contribution in [2.75, 3.05) is 12.4 Å². The van der Waals surface area contributed by atoms with Crippen molar-refractivity contribution < 1.29 is 24.2 Å². The average Bonchev–Trinajstić information content (AvgIpc) is 2.73. The van der Waals surface area contributed by atoms with Crippen LogP contribution in [0.3, 0.4) is 0 Å². The largest absolute Gasteiger partial charge is 0.493 e. The van der Waals surface area contributed by atoms with Crippen LogP contribution in [0.15, 0.2) is 54.7 Å². The van der Waals surface area contributed by atoms with E-state index in [1.807, 2.05) is 38.1 Å². The molecule has 2 aromatic rings. The number of rotatable bonds is 6. The highest BCUT2D eigenvalue weighted by molar-refractivity contribution is 5.95. The predicted octanol–water partition coefficient (Wildman–Crippen LogP) is 4.60. The first kappa shape index (κ1) is 24.0. The molecule has 166 valence electrons. The fourth-order valence-corrected chi connectivity index (χ4v) is 3.12. The minimum atomic E-state index is -1.15. The van der Waals surface area contributed by atoms with Crippen molar-refractivity contribution in [2.45, 2.75) is 32.4 Å². The molecule has 3 N–H and O–H groups in total. The molecule has 1 aliphatic rings. The fraction of sp³-hybridized carbons (Fsp3) is 0.273. The van der Waals surface area contributed by atoms with Crippen molar-refractivity contribution >= 4 is 30.1 Å². The average molecular weight is 448 g/mol. The van der Waals surface area contributed by atoms with Gasteiger partial charge >= 0.3 is 6.09 Å². The summed E-state index contributed by atoms with van der Waals surface area (Å²) in [6, 6.07) is 11.9. The van der Waals surface area contributed by atoms with Crippen molar-refractivity contribution in [3.8, 4) is 11.5 Å². The third-order valence-electron chi connectivity index (χ3n) is 4.48. The number of ether oxygens (including phenoxy) is 2. The first-order valence-corrected chi connectivity index (χ1v) is 9.58. The van der Waals surface area contributed by atoms with Crippen LogP contribution in [0.2, 0.25) is 0 Å². The van der Waals surface area contributed by atoms with Crippen LogP contribution in [0.4, 0.5) is 10.5 Å². The van der Waals surface area contributed by atoms with E-state index in [9.17, 15) is 9.59 Å². The monoisotopic (exact) mass is 447 g/mol. The SMILES string of the molecule is COc1ccc(C2CC=CN(C(=O)c3ccc(NC(=O)O)cc3)N2)cc1OC(C)C.Cl. The molecule has 2 aromatic carbocycles. The van der Waals surface area contributed by atoms with Crippen LogP contribution in [-0.4, -0.2) is 35.3 Å². The van der Waals surface area contributed by atoms with Gasteiger partial charge in [-0.05, 0) is 62.2 Å². The molecular formula is C22H26ClN3O5. The van der Waals surface area contributed by atoms with E-state index in [1.165, 1.54) is 5.01 Å². The Kier molecular flexibility index (Phi) is 8.30. The highest BCUT2D eigenvalue weighted by Crippen LogP contribution is 2.33. The maximum Gasteiger partial charge on any atom is 0.409 e. The summed E-state index contributed by atoms with van der Waals surface area (Å²) in [6.45, 7) is 3.90. The van der Waals surface area contributed by atoms with Gasteiger partial charge in [0.1, 0.15) is 0 Å². The van der Waals surface area contributed by atoms with Crippen LogP contribution in [0.1, 0.15) is 42.2 Å². The number of methoxy groups -OCH3 is 1. The fourth-order valence-electron chi connectivity index (χ4n) is 3.12. The van der Waals surface area contributed by atoms with Gasteiger partial charge in [0.05, 0.1) is 19.3 Å². The summed E-state index contributed by atoms with van der Waals surface area (Å²) in [6.07, 6.45) is 3.17. The van der Waals surface area contributed by atoms with Gasteiger partial charge in [-0.15, -0.1) is 12.4 Å². The van der Waals surface area contributed by atoms with E-state index in [2.05, 4.69) is 10.7 Å². The second kappa shape index (κ2) is 10.7. The Morgan fingerprint density at radius 1 is 1.16 bits per heavy atom. The number of halogens is 1. The number of hydrazine groups is 1. The van der Waals surface area contributed by atoms with Crippen LogP contribution in [0.5, 0.6) is 11.5 Å². The summed E-state index contributed by atoms with van der Waals surface area (Å²) < 4.78 is 11.2. The molecule has 0 fully saturated rings. The molecule has 9 heteroatoms. The lowest BCUT2D eigenvalue weighted by molar-refractivity contribution is 0.0713. The third-order valence-corrected chi connectivity index (χ3v) is 4.48. The molecule has 0 saturated heterocycles. The van der Waals surface area contributed by atoms with Crippen LogP contribution in [0.25, 0.3) is 0 Å². The number of hydrogen-bond acceptors (Lipinski definition) is 5. The van der Waals surface area contributed by atoms with Gasteiger partial charge in [-0.1, -0.05) is 12.1 Å². The number of nitrogens with one attached hydrogen (secondary N) is 2. The third kappa shape index (κ3) is 6.13. The van der Waals surface area contributed by atoms with E-state index >= 15 is 0 Å². The zero-order valence-electron chi connectivity index (χ0n) is 17.5. The summed E-state index contributed by atoms with van der Waals surface area (Å²) in [4.78, 5) is 23.6. The van der Waals surface area contributed by atoms with Crippen LogP contribution >= 0.6 is 12.4 Å². The van der Waals surface area contributed by atoms with E-state index < -0.39 is 6.09 Å². The normalized spacial score (nSPS) is 15.2. The number of anilines is 1. The molecule has 0 bridgehead atoms. The molecule has 1 atom stereocenters. The quantitative estimate of drug-likeness (QED) is 0.598.